The molecule has 0 atom stereocenters. The average Bonchev–Trinajstić information content (AvgIpc) is 2.47. The first-order chi connectivity index (χ1) is 10.2. The van der Waals surface area contributed by atoms with Crippen molar-refractivity contribution in [1.29, 1.82) is 0 Å². The van der Waals surface area contributed by atoms with E-state index in [9.17, 15) is 4.79 Å². The highest BCUT2D eigenvalue weighted by Gasteiger charge is 2.06. The van der Waals surface area contributed by atoms with Crippen LogP contribution >= 0.6 is 0 Å². The van der Waals surface area contributed by atoms with Gasteiger partial charge in [0, 0.05) is 25.2 Å². The number of carboxylic acids is 1. The number of hydrogen-bond acceptors (Lipinski definition) is 5. The van der Waals surface area contributed by atoms with Crippen LogP contribution in [0.3, 0.4) is 0 Å². The largest absolute Gasteiger partial charge is 0.478 e. The summed E-state index contributed by atoms with van der Waals surface area (Å²) in [5.41, 5.74) is 0.361. The molecule has 0 spiro atoms. The van der Waals surface area contributed by atoms with Gasteiger partial charge in [0.1, 0.15) is 0 Å². The van der Waals surface area contributed by atoms with Crippen molar-refractivity contribution in [3.05, 3.63) is 11.6 Å². The number of carbonyl (C=O) groups is 1. The molecule has 0 saturated heterocycles. The van der Waals surface area contributed by atoms with Gasteiger partial charge in [-0.15, -0.1) is 0 Å². The minimum atomic E-state index is -0.905. The SMILES string of the molecule is CCOCCOCCC=C(CCOCCOCC)C(=O)O. The Kier molecular flexibility index (Phi) is 14.7. The molecule has 0 rings (SSSR count). The Morgan fingerprint density at radius 1 is 0.857 bits per heavy atom. The van der Waals surface area contributed by atoms with E-state index < -0.39 is 5.97 Å². The fraction of sp³-hybridized carbons (Fsp3) is 0.800. The van der Waals surface area contributed by atoms with Gasteiger partial charge in [-0.1, -0.05) is 6.08 Å². The Morgan fingerprint density at radius 3 is 1.90 bits per heavy atom. The molecule has 0 radical (unpaired) electrons. The summed E-state index contributed by atoms with van der Waals surface area (Å²) in [7, 11) is 0. The lowest BCUT2D eigenvalue weighted by atomic mass is 10.1. The van der Waals surface area contributed by atoms with Crippen molar-refractivity contribution < 1.29 is 28.8 Å². The maximum atomic E-state index is 11.1. The summed E-state index contributed by atoms with van der Waals surface area (Å²) >= 11 is 0. The maximum Gasteiger partial charge on any atom is 0.331 e. The van der Waals surface area contributed by atoms with Gasteiger partial charge in [-0.2, -0.15) is 0 Å². The monoisotopic (exact) mass is 304 g/mol. The van der Waals surface area contributed by atoms with E-state index in [-0.39, 0.29) is 0 Å². The van der Waals surface area contributed by atoms with E-state index >= 15 is 0 Å². The van der Waals surface area contributed by atoms with Gasteiger partial charge in [-0.3, -0.25) is 0 Å². The predicted molar refractivity (Wildman–Crippen MR) is 79.6 cm³/mol. The highest BCUT2D eigenvalue weighted by atomic mass is 16.5. The minimum Gasteiger partial charge on any atom is -0.478 e. The average molecular weight is 304 g/mol. The maximum absolute atomic E-state index is 11.1. The lowest BCUT2D eigenvalue weighted by Crippen LogP contribution is -2.09. The molecular weight excluding hydrogens is 276 g/mol. The zero-order chi connectivity index (χ0) is 15.8. The molecule has 0 heterocycles. The number of aliphatic carboxylic acids is 1. The fourth-order valence-electron chi connectivity index (χ4n) is 1.52. The van der Waals surface area contributed by atoms with Crippen LogP contribution in [0.4, 0.5) is 0 Å². The Morgan fingerprint density at radius 2 is 1.38 bits per heavy atom. The van der Waals surface area contributed by atoms with Crippen molar-refractivity contribution in [3.63, 3.8) is 0 Å². The number of ether oxygens (including phenoxy) is 4. The van der Waals surface area contributed by atoms with Gasteiger partial charge in [0.25, 0.3) is 0 Å². The molecule has 124 valence electrons. The molecule has 0 aromatic rings. The molecule has 1 N–H and O–H groups in total. The van der Waals surface area contributed by atoms with E-state index in [2.05, 4.69) is 0 Å². The molecule has 21 heavy (non-hydrogen) atoms. The summed E-state index contributed by atoms with van der Waals surface area (Å²) in [5.74, 6) is -0.905. The quantitative estimate of drug-likeness (QED) is 0.368. The second-order valence-electron chi connectivity index (χ2n) is 4.19. The number of carboxylic acid groups (broad SMARTS) is 1. The molecule has 0 aliphatic carbocycles. The molecule has 0 fully saturated rings. The van der Waals surface area contributed by atoms with E-state index in [1.807, 2.05) is 13.8 Å². The summed E-state index contributed by atoms with van der Waals surface area (Å²) in [6, 6.07) is 0. The number of hydrogen-bond donors (Lipinski definition) is 1. The van der Waals surface area contributed by atoms with E-state index in [0.29, 0.717) is 71.3 Å². The third-order valence-corrected chi connectivity index (χ3v) is 2.60. The smallest absolute Gasteiger partial charge is 0.331 e. The Bertz CT molecular complexity index is 277. The molecule has 6 heteroatoms. The van der Waals surface area contributed by atoms with Crippen LogP contribution in [0.2, 0.25) is 0 Å². The molecule has 6 nitrogen and oxygen atoms in total. The first-order valence-corrected chi connectivity index (χ1v) is 7.45. The van der Waals surface area contributed by atoms with Crippen LogP contribution < -0.4 is 0 Å². The summed E-state index contributed by atoms with van der Waals surface area (Å²) in [6.07, 6.45) is 2.65. The first-order valence-electron chi connectivity index (χ1n) is 7.45. The summed E-state index contributed by atoms with van der Waals surface area (Å²) in [6.45, 7) is 8.19. The topological polar surface area (TPSA) is 74.2 Å². The molecule has 0 bridgehead atoms. The highest BCUT2D eigenvalue weighted by Crippen LogP contribution is 2.04. The van der Waals surface area contributed by atoms with Gasteiger partial charge < -0.3 is 24.1 Å². The van der Waals surface area contributed by atoms with Gasteiger partial charge in [-0.05, 0) is 20.3 Å². The van der Waals surface area contributed by atoms with Crippen molar-refractivity contribution in [3.8, 4) is 0 Å². The molecule has 0 unspecified atom stereocenters. The van der Waals surface area contributed by atoms with Crippen molar-refractivity contribution in [1.82, 2.24) is 0 Å². The highest BCUT2D eigenvalue weighted by molar-refractivity contribution is 5.86. The standard InChI is InChI=1S/C15H28O6/c1-3-18-10-12-20-8-5-6-14(15(16)17)7-9-21-13-11-19-4-2/h6H,3-5,7-13H2,1-2H3,(H,16,17). The Labute approximate surface area is 127 Å². The Hall–Kier alpha value is -0.950. The zero-order valence-electron chi connectivity index (χ0n) is 13.1. The molecule has 0 aliphatic rings. The normalized spacial score (nSPS) is 11.8. The predicted octanol–water partition coefficient (Wildman–Crippen LogP) is 1.88. The van der Waals surface area contributed by atoms with Crippen LogP contribution in [0.15, 0.2) is 11.6 Å². The second kappa shape index (κ2) is 15.4. The zero-order valence-corrected chi connectivity index (χ0v) is 13.1. The van der Waals surface area contributed by atoms with E-state index in [0.717, 1.165) is 0 Å². The van der Waals surface area contributed by atoms with Crippen molar-refractivity contribution >= 4 is 5.97 Å². The summed E-state index contributed by atoms with van der Waals surface area (Å²) in [4.78, 5) is 11.1. The van der Waals surface area contributed by atoms with Crippen molar-refractivity contribution in [2.24, 2.45) is 0 Å². The molecule has 0 saturated carbocycles. The van der Waals surface area contributed by atoms with E-state index in [1.54, 1.807) is 6.08 Å². The third-order valence-electron chi connectivity index (χ3n) is 2.60. The Balaban J connectivity index is 3.69. The molecule has 0 aliphatic heterocycles. The lowest BCUT2D eigenvalue weighted by Gasteiger charge is -2.06. The van der Waals surface area contributed by atoms with Crippen LogP contribution in [0.1, 0.15) is 26.7 Å². The van der Waals surface area contributed by atoms with Crippen molar-refractivity contribution in [2.75, 3.05) is 52.9 Å². The van der Waals surface area contributed by atoms with Crippen LogP contribution in [0, 0.1) is 0 Å². The molecular formula is C15H28O6. The third kappa shape index (κ3) is 13.8. The van der Waals surface area contributed by atoms with Gasteiger partial charge in [0.15, 0.2) is 0 Å². The molecule has 0 amide bonds. The minimum absolute atomic E-state index is 0.361. The van der Waals surface area contributed by atoms with E-state index in [4.69, 9.17) is 24.1 Å². The molecule has 0 aromatic heterocycles. The summed E-state index contributed by atoms with van der Waals surface area (Å²) in [5, 5.41) is 9.08. The van der Waals surface area contributed by atoms with Crippen molar-refractivity contribution in [2.45, 2.75) is 26.7 Å². The fourth-order valence-corrected chi connectivity index (χ4v) is 1.52. The lowest BCUT2D eigenvalue weighted by molar-refractivity contribution is -0.133. The van der Waals surface area contributed by atoms with Gasteiger partial charge >= 0.3 is 5.97 Å². The van der Waals surface area contributed by atoms with Gasteiger partial charge in [0.05, 0.1) is 39.6 Å². The van der Waals surface area contributed by atoms with Crippen LogP contribution in [-0.4, -0.2) is 63.9 Å². The van der Waals surface area contributed by atoms with E-state index in [1.165, 1.54) is 0 Å². The van der Waals surface area contributed by atoms with Crippen LogP contribution in [0.25, 0.3) is 0 Å². The molecule has 0 aromatic carbocycles. The number of rotatable bonds is 15. The van der Waals surface area contributed by atoms with Gasteiger partial charge in [0.2, 0.25) is 0 Å². The van der Waals surface area contributed by atoms with Crippen LogP contribution in [0.5, 0.6) is 0 Å². The van der Waals surface area contributed by atoms with Crippen LogP contribution in [-0.2, 0) is 23.7 Å². The van der Waals surface area contributed by atoms with Gasteiger partial charge in [-0.25, -0.2) is 4.79 Å². The summed E-state index contributed by atoms with van der Waals surface area (Å²) < 4.78 is 20.9. The first kappa shape index (κ1) is 20.1. The second-order valence-corrected chi connectivity index (χ2v) is 4.19.